The molecule has 2 atom stereocenters. The number of hydrogen-bond donors (Lipinski definition) is 0. The Morgan fingerprint density at radius 3 is 2.00 bits per heavy atom. The summed E-state index contributed by atoms with van der Waals surface area (Å²) in [6, 6.07) is 0. The number of carbonyl (C=O) groups excluding carboxylic acids is 1. The van der Waals surface area contributed by atoms with Gasteiger partial charge in [0.1, 0.15) is 13.2 Å². The average molecular weight is 299 g/mol. The molecular formula is C6H9N3O11. The molecule has 0 saturated carbocycles. The average Bonchev–Trinajstić information content (AvgIpc) is 2.30. The van der Waals surface area contributed by atoms with Crippen LogP contribution < -0.4 is 0 Å². The topological polar surface area (TPSA) is 183 Å². The highest BCUT2D eigenvalue weighted by Crippen LogP contribution is 2.00. The highest BCUT2D eigenvalue weighted by Gasteiger charge is 2.22. The van der Waals surface area contributed by atoms with Crippen LogP contribution in [0.1, 0.15) is 6.92 Å². The normalized spacial score (nSPS) is 12.7. The van der Waals surface area contributed by atoms with Gasteiger partial charge in [-0.15, -0.1) is 30.3 Å². The fourth-order valence-corrected chi connectivity index (χ4v) is 0.839. The largest absolute Gasteiger partial charge is 0.462 e. The SMILES string of the molecule is CC(O[N+](=O)[O-])C(=O)OCC(CO[N+](=O)[O-])O[N+](=O)[O-]. The van der Waals surface area contributed by atoms with Crippen LogP contribution in [0.3, 0.4) is 0 Å². The second-order valence-electron chi connectivity index (χ2n) is 3.07. The van der Waals surface area contributed by atoms with Crippen LogP contribution in [0, 0.1) is 30.3 Å². The van der Waals surface area contributed by atoms with E-state index in [0.717, 1.165) is 6.92 Å². The van der Waals surface area contributed by atoms with Gasteiger partial charge in [-0.3, -0.25) is 4.84 Å². The lowest BCUT2D eigenvalue weighted by molar-refractivity contribution is -0.790. The predicted octanol–water partition coefficient (Wildman–Crippen LogP) is -1.09. The number of esters is 1. The third-order valence-corrected chi connectivity index (χ3v) is 1.59. The smallest absolute Gasteiger partial charge is 0.335 e. The highest BCUT2D eigenvalue weighted by molar-refractivity contribution is 5.74. The number of ether oxygens (including phenoxy) is 1. The van der Waals surface area contributed by atoms with Crippen molar-refractivity contribution in [3.05, 3.63) is 30.3 Å². The van der Waals surface area contributed by atoms with Crippen molar-refractivity contribution < 1.29 is 39.3 Å². The molecule has 0 aromatic rings. The fourth-order valence-electron chi connectivity index (χ4n) is 0.839. The van der Waals surface area contributed by atoms with Gasteiger partial charge in [-0.05, 0) is 6.92 Å². The lowest BCUT2D eigenvalue weighted by Crippen LogP contribution is -2.33. The van der Waals surface area contributed by atoms with E-state index in [1.165, 1.54) is 0 Å². The minimum atomic E-state index is -1.57. The first-order valence-electron chi connectivity index (χ1n) is 4.78. The van der Waals surface area contributed by atoms with Crippen LogP contribution in [0.15, 0.2) is 0 Å². The molecule has 0 rings (SSSR count). The first-order valence-corrected chi connectivity index (χ1v) is 4.78. The Labute approximate surface area is 109 Å². The molecule has 114 valence electrons. The summed E-state index contributed by atoms with van der Waals surface area (Å²) in [6.45, 7) is -0.660. The third kappa shape index (κ3) is 8.20. The van der Waals surface area contributed by atoms with Crippen molar-refractivity contribution in [2.75, 3.05) is 13.2 Å². The predicted molar refractivity (Wildman–Crippen MR) is 53.3 cm³/mol. The molecule has 0 amide bonds. The van der Waals surface area contributed by atoms with Crippen LogP contribution in [0.25, 0.3) is 0 Å². The summed E-state index contributed by atoms with van der Waals surface area (Å²) in [5.74, 6) is -1.21. The van der Waals surface area contributed by atoms with Gasteiger partial charge >= 0.3 is 5.97 Å². The van der Waals surface area contributed by atoms with Crippen molar-refractivity contribution in [2.24, 2.45) is 0 Å². The minimum Gasteiger partial charge on any atom is -0.462 e. The van der Waals surface area contributed by atoms with Crippen LogP contribution >= 0.6 is 0 Å². The van der Waals surface area contributed by atoms with E-state index in [1.54, 1.807) is 0 Å². The van der Waals surface area contributed by atoms with Crippen molar-refractivity contribution in [1.29, 1.82) is 0 Å². The lowest BCUT2D eigenvalue weighted by atomic mass is 10.4. The molecule has 0 bridgehead atoms. The number of rotatable bonds is 10. The van der Waals surface area contributed by atoms with E-state index in [4.69, 9.17) is 0 Å². The fraction of sp³-hybridized carbons (Fsp3) is 0.833. The van der Waals surface area contributed by atoms with Gasteiger partial charge in [0, 0.05) is 0 Å². The van der Waals surface area contributed by atoms with E-state index in [0.29, 0.717) is 0 Å². The van der Waals surface area contributed by atoms with Crippen molar-refractivity contribution in [1.82, 2.24) is 0 Å². The number of hydrogen-bond acceptors (Lipinski definition) is 11. The Morgan fingerprint density at radius 1 is 1.00 bits per heavy atom. The second-order valence-corrected chi connectivity index (χ2v) is 3.07. The standard InChI is InChI=1S/C6H9N3O11/c1-4(19-8(13)14)6(10)17-2-5(20-9(15)16)3-18-7(11)12/h4-5H,2-3H2,1H3. The molecule has 0 aromatic carbocycles. The van der Waals surface area contributed by atoms with Crippen LogP contribution in [0.2, 0.25) is 0 Å². The van der Waals surface area contributed by atoms with Gasteiger partial charge in [-0.25, -0.2) is 4.79 Å². The monoisotopic (exact) mass is 299 g/mol. The van der Waals surface area contributed by atoms with Gasteiger partial charge in [0.15, 0.2) is 6.10 Å². The Morgan fingerprint density at radius 2 is 1.55 bits per heavy atom. The summed E-state index contributed by atoms with van der Waals surface area (Å²) in [4.78, 5) is 52.7. The van der Waals surface area contributed by atoms with Crippen molar-refractivity contribution in [2.45, 2.75) is 19.1 Å². The number of carbonyl (C=O) groups is 1. The van der Waals surface area contributed by atoms with Gasteiger partial charge in [-0.2, -0.15) is 0 Å². The van der Waals surface area contributed by atoms with Crippen LogP contribution in [-0.2, 0) is 24.0 Å². The first kappa shape index (κ1) is 17.1. The molecule has 0 aliphatic carbocycles. The Hall–Kier alpha value is -2.93. The molecule has 14 nitrogen and oxygen atoms in total. The zero-order valence-corrected chi connectivity index (χ0v) is 9.90. The van der Waals surface area contributed by atoms with Crippen molar-refractivity contribution >= 4 is 5.97 Å². The molecule has 0 spiro atoms. The maximum absolute atomic E-state index is 11.2. The quantitative estimate of drug-likeness (QED) is 0.271. The van der Waals surface area contributed by atoms with Crippen LogP contribution in [0.5, 0.6) is 0 Å². The zero-order valence-electron chi connectivity index (χ0n) is 9.90. The van der Waals surface area contributed by atoms with E-state index in [-0.39, 0.29) is 0 Å². The third-order valence-electron chi connectivity index (χ3n) is 1.59. The summed E-state index contributed by atoms with van der Waals surface area (Å²) in [6.07, 6.45) is -3.14. The molecule has 0 aliphatic heterocycles. The second kappa shape index (κ2) is 8.22. The molecule has 0 radical (unpaired) electrons. The van der Waals surface area contributed by atoms with E-state index < -0.39 is 46.7 Å². The minimum absolute atomic E-state index is 0.793. The zero-order chi connectivity index (χ0) is 15.7. The number of nitrogens with zero attached hydrogens (tertiary/aromatic N) is 3. The molecule has 0 saturated heterocycles. The molecular weight excluding hydrogens is 290 g/mol. The Kier molecular flexibility index (Phi) is 7.02. The van der Waals surface area contributed by atoms with Gasteiger partial charge in [0.2, 0.25) is 6.10 Å². The lowest BCUT2D eigenvalue weighted by Gasteiger charge is -2.15. The molecule has 0 aliphatic rings. The molecule has 0 fully saturated rings. The molecule has 14 heteroatoms. The van der Waals surface area contributed by atoms with Crippen LogP contribution in [0.4, 0.5) is 0 Å². The van der Waals surface area contributed by atoms with Crippen LogP contribution in [-0.4, -0.2) is 46.7 Å². The van der Waals surface area contributed by atoms with Gasteiger partial charge < -0.3 is 14.4 Å². The summed E-state index contributed by atoms with van der Waals surface area (Å²) >= 11 is 0. The molecule has 20 heavy (non-hydrogen) atoms. The maximum atomic E-state index is 11.2. The van der Waals surface area contributed by atoms with E-state index in [2.05, 4.69) is 19.2 Å². The highest BCUT2D eigenvalue weighted by atomic mass is 17.0. The molecule has 2 unspecified atom stereocenters. The Balaban J connectivity index is 4.29. The molecule has 0 N–H and O–H groups in total. The van der Waals surface area contributed by atoms with Gasteiger partial charge in [-0.1, -0.05) is 0 Å². The summed E-state index contributed by atoms with van der Waals surface area (Å²) in [5, 5.41) is 26.2. The van der Waals surface area contributed by atoms with E-state index >= 15 is 0 Å². The molecule has 0 aromatic heterocycles. The van der Waals surface area contributed by atoms with E-state index in [9.17, 15) is 35.1 Å². The maximum Gasteiger partial charge on any atom is 0.335 e. The Bertz CT molecular complexity index is 384. The van der Waals surface area contributed by atoms with Gasteiger partial charge in [0.05, 0.1) is 0 Å². The van der Waals surface area contributed by atoms with E-state index in [1.807, 2.05) is 0 Å². The van der Waals surface area contributed by atoms with Crippen molar-refractivity contribution in [3.8, 4) is 0 Å². The van der Waals surface area contributed by atoms with Crippen molar-refractivity contribution in [3.63, 3.8) is 0 Å². The summed E-state index contributed by atoms with van der Waals surface area (Å²) < 4.78 is 4.40. The summed E-state index contributed by atoms with van der Waals surface area (Å²) in [5.41, 5.74) is 0. The summed E-state index contributed by atoms with van der Waals surface area (Å²) in [7, 11) is 0. The first-order chi connectivity index (χ1) is 9.22. The molecule has 0 heterocycles. The van der Waals surface area contributed by atoms with Gasteiger partial charge in [0.25, 0.3) is 15.3 Å².